The highest BCUT2D eigenvalue weighted by molar-refractivity contribution is 7.90. The van der Waals surface area contributed by atoms with Crippen molar-refractivity contribution in [3.05, 3.63) is 65.0 Å². The standard InChI is InChI=1S/C15H13FO4S/c1-10-4-2-3-5-12(10)9-21(19,20)14-8-11(15(17)18)6-7-13(14)16/h2-8H,9H2,1H3,(H,17,18). The molecule has 0 bridgehead atoms. The highest BCUT2D eigenvalue weighted by Crippen LogP contribution is 2.22. The summed E-state index contributed by atoms with van der Waals surface area (Å²) >= 11 is 0. The van der Waals surface area contributed by atoms with Crippen molar-refractivity contribution in [1.82, 2.24) is 0 Å². The van der Waals surface area contributed by atoms with E-state index in [1.165, 1.54) is 0 Å². The van der Waals surface area contributed by atoms with Crippen molar-refractivity contribution in [3.8, 4) is 0 Å². The molecular weight excluding hydrogens is 295 g/mol. The lowest BCUT2D eigenvalue weighted by atomic mass is 10.1. The smallest absolute Gasteiger partial charge is 0.335 e. The molecule has 2 aromatic rings. The number of hydrogen-bond donors (Lipinski definition) is 1. The number of hydrogen-bond acceptors (Lipinski definition) is 3. The maximum absolute atomic E-state index is 13.8. The second-order valence-electron chi connectivity index (χ2n) is 4.64. The van der Waals surface area contributed by atoms with Crippen molar-refractivity contribution in [1.29, 1.82) is 0 Å². The van der Waals surface area contributed by atoms with E-state index >= 15 is 0 Å². The Morgan fingerprint density at radius 2 is 1.86 bits per heavy atom. The first-order valence-corrected chi connectivity index (χ1v) is 7.76. The minimum atomic E-state index is -3.96. The maximum atomic E-state index is 13.8. The molecule has 2 aromatic carbocycles. The topological polar surface area (TPSA) is 71.4 Å². The summed E-state index contributed by atoms with van der Waals surface area (Å²) in [6.07, 6.45) is 0. The molecule has 0 aromatic heterocycles. The summed E-state index contributed by atoms with van der Waals surface area (Å²) in [7, 11) is -3.96. The summed E-state index contributed by atoms with van der Waals surface area (Å²) < 4.78 is 38.4. The van der Waals surface area contributed by atoms with E-state index in [1.54, 1.807) is 31.2 Å². The van der Waals surface area contributed by atoms with E-state index < -0.39 is 26.5 Å². The van der Waals surface area contributed by atoms with Crippen LogP contribution in [0, 0.1) is 12.7 Å². The van der Waals surface area contributed by atoms with E-state index in [2.05, 4.69) is 0 Å². The Kier molecular flexibility index (Phi) is 4.09. The lowest BCUT2D eigenvalue weighted by Gasteiger charge is -2.09. The first kappa shape index (κ1) is 15.2. The van der Waals surface area contributed by atoms with Crippen LogP contribution in [0.2, 0.25) is 0 Å². The van der Waals surface area contributed by atoms with Crippen molar-refractivity contribution in [2.75, 3.05) is 0 Å². The van der Waals surface area contributed by atoms with E-state index in [4.69, 9.17) is 5.11 Å². The van der Waals surface area contributed by atoms with Crippen molar-refractivity contribution >= 4 is 15.8 Å². The van der Waals surface area contributed by atoms with Gasteiger partial charge in [0, 0.05) is 0 Å². The molecule has 2 rings (SSSR count). The largest absolute Gasteiger partial charge is 0.478 e. The molecule has 0 amide bonds. The van der Waals surface area contributed by atoms with E-state index in [9.17, 15) is 17.6 Å². The Balaban J connectivity index is 2.47. The minimum Gasteiger partial charge on any atom is -0.478 e. The van der Waals surface area contributed by atoms with Crippen LogP contribution in [0.1, 0.15) is 21.5 Å². The Morgan fingerprint density at radius 3 is 2.48 bits per heavy atom. The number of aromatic carboxylic acids is 1. The van der Waals surface area contributed by atoms with Crippen LogP contribution in [0.15, 0.2) is 47.4 Å². The van der Waals surface area contributed by atoms with E-state index in [1.807, 2.05) is 0 Å². The maximum Gasteiger partial charge on any atom is 0.335 e. The number of carboxylic acids is 1. The summed E-state index contributed by atoms with van der Waals surface area (Å²) in [5.74, 6) is -2.63. The molecule has 0 aliphatic carbocycles. The van der Waals surface area contributed by atoms with Crippen molar-refractivity contribution in [3.63, 3.8) is 0 Å². The van der Waals surface area contributed by atoms with Gasteiger partial charge in [0.1, 0.15) is 10.7 Å². The summed E-state index contributed by atoms with van der Waals surface area (Å²) in [6.45, 7) is 1.76. The van der Waals surface area contributed by atoms with Gasteiger partial charge in [-0.2, -0.15) is 0 Å². The predicted octanol–water partition coefficient (Wildman–Crippen LogP) is 2.81. The third-order valence-corrected chi connectivity index (χ3v) is 4.79. The van der Waals surface area contributed by atoms with Gasteiger partial charge in [-0.05, 0) is 36.2 Å². The fourth-order valence-corrected chi connectivity index (χ4v) is 3.49. The van der Waals surface area contributed by atoms with Crippen LogP contribution in [0.3, 0.4) is 0 Å². The lowest BCUT2D eigenvalue weighted by Crippen LogP contribution is -2.10. The van der Waals surface area contributed by atoms with Crippen LogP contribution < -0.4 is 0 Å². The zero-order valence-electron chi connectivity index (χ0n) is 11.2. The van der Waals surface area contributed by atoms with Crippen LogP contribution in [0.25, 0.3) is 0 Å². The molecule has 0 radical (unpaired) electrons. The van der Waals surface area contributed by atoms with Gasteiger partial charge in [0.2, 0.25) is 0 Å². The molecule has 4 nitrogen and oxygen atoms in total. The summed E-state index contributed by atoms with van der Waals surface area (Å²) in [4.78, 5) is 10.3. The molecule has 0 unspecified atom stereocenters. The van der Waals surface area contributed by atoms with Gasteiger partial charge in [0.05, 0.1) is 11.3 Å². The Morgan fingerprint density at radius 1 is 1.19 bits per heavy atom. The molecule has 21 heavy (non-hydrogen) atoms. The molecule has 0 saturated heterocycles. The van der Waals surface area contributed by atoms with Gasteiger partial charge in [-0.15, -0.1) is 0 Å². The average Bonchev–Trinajstić information content (AvgIpc) is 2.41. The van der Waals surface area contributed by atoms with Crippen LogP contribution in [-0.4, -0.2) is 19.5 Å². The summed E-state index contributed by atoms with van der Waals surface area (Å²) in [6, 6.07) is 9.61. The fourth-order valence-electron chi connectivity index (χ4n) is 1.93. The van der Waals surface area contributed by atoms with Gasteiger partial charge >= 0.3 is 5.97 Å². The van der Waals surface area contributed by atoms with Crippen molar-refractivity contribution < 1.29 is 22.7 Å². The highest BCUT2D eigenvalue weighted by atomic mass is 32.2. The Hall–Kier alpha value is -2.21. The quantitative estimate of drug-likeness (QED) is 0.942. The average molecular weight is 308 g/mol. The minimum absolute atomic E-state index is 0.264. The molecule has 0 atom stereocenters. The Labute approximate surface area is 121 Å². The third kappa shape index (κ3) is 3.28. The molecule has 6 heteroatoms. The second kappa shape index (κ2) is 5.65. The number of benzene rings is 2. The van der Waals surface area contributed by atoms with Gasteiger partial charge in [-0.1, -0.05) is 24.3 Å². The predicted molar refractivity (Wildman–Crippen MR) is 75.4 cm³/mol. The van der Waals surface area contributed by atoms with Crippen LogP contribution >= 0.6 is 0 Å². The SMILES string of the molecule is Cc1ccccc1CS(=O)(=O)c1cc(C(=O)O)ccc1F. The lowest BCUT2D eigenvalue weighted by molar-refractivity contribution is 0.0696. The molecule has 0 aliphatic heterocycles. The van der Waals surface area contributed by atoms with Crippen molar-refractivity contribution in [2.24, 2.45) is 0 Å². The molecule has 0 saturated carbocycles. The van der Waals surface area contributed by atoms with Gasteiger partial charge < -0.3 is 5.11 Å². The van der Waals surface area contributed by atoms with Crippen LogP contribution in [0.5, 0.6) is 0 Å². The first-order valence-electron chi connectivity index (χ1n) is 6.11. The van der Waals surface area contributed by atoms with Gasteiger partial charge in [0.25, 0.3) is 0 Å². The van der Waals surface area contributed by atoms with Crippen molar-refractivity contribution in [2.45, 2.75) is 17.6 Å². The van der Waals surface area contributed by atoms with Crippen LogP contribution in [0.4, 0.5) is 4.39 Å². The van der Waals surface area contributed by atoms with Crippen LogP contribution in [-0.2, 0) is 15.6 Å². The van der Waals surface area contributed by atoms with Gasteiger partial charge in [-0.3, -0.25) is 0 Å². The van der Waals surface area contributed by atoms with Gasteiger partial charge in [0.15, 0.2) is 9.84 Å². The molecule has 0 heterocycles. The second-order valence-corrected chi connectivity index (χ2v) is 6.59. The molecule has 0 fully saturated rings. The number of sulfone groups is 1. The summed E-state index contributed by atoms with van der Waals surface area (Å²) in [5, 5.41) is 8.88. The molecule has 0 aliphatic rings. The Bertz CT molecular complexity index is 797. The number of carbonyl (C=O) groups is 1. The molecular formula is C15H13FO4S. The highest BCUT2D eigenvalue weighted by Gasteiger charge is 2.22. The fraction of sp³-hybridized carbons (Fsp3) is 0.133. The van der Waals surface area contributed by atoms with E-state index in [0.29, 0.717) is 5.56 Å². The summed E-state index contributed by atoms with van der Waals surface area (Å²) in [5.41, 5.74) is 1.06. The number of rotatable bonds is 4. The number of halogens is 1. The molecule has 110 valence electrons. The monoisotopic (exact) mass is 308 g/mol. The third-order valence-electron chi connectivity index (χ3n) is 3.12. The molecule has 0 spiro atoms. The molecule has 1 N–H and O–H groups in total. The normalized spacial score (nSPS) is 11.3. The first-order chi connectivity index (χ1) is 9.81. The number of aryl methyl sites for hydroxylation is 1. The zero-order valence-corrected chi connectivity index (χ0v) is 12.0. The van der Waals surface area contributed by atoms with E-state index in [-0.39, 0.29) is 11.3 Å². The number of carboxylic acid groups (broad SMARTS) is 1. The van der Waals surface area contributed by atoms with Gasteiger partial charge in [-0.25, -0.2) is 17.6 Å². The zero-order chi connectivity index (χ0) is 15.6. The van der Waals surface area contributed by atoms with E-state index in [0.717, 1.165) is 23.8 Å².